The van der Waals surface area contributed by atoms with Gasteiger partial charge in [0, 0.05) is 17.6 Å². The highest BCUT2D eigenvalue weighted by Crippen LogP contribution is 2.46. The van der Waals surface area contributed by atoms with Crippen LogP contribution in [0.3, 0.4) is 0 Å². The summed E-state index contributed by atoms with van der Waals surface area (Å²) < 4.78 is 16.2. The average Bonchev–Trinajstić information content (AvgIpc) is 3.21. The van der Waals surface area contributed by atoms with Gasteiger partial charge in [-0.2, -0.15) is 0 Å². The van der Waals surface area contributed by atoms with Crippen LogP contribution in [-0.2, 0) is 4.79 Å². The van der Waals surface area contributed by atoms with E-state index in [2.05, 4.69) is 0 Å². The minimum atomic E-state index is -0.677. The van der Waals surface area contributed by atoms with Crippen molar-refractivity contribution in [3.8, 4) is 17.2 Å². The molecule has 0 bridgehead atoms. The van der Waals surface area contributed by atoms with E-state index in [1.165, 1.54) is 25.3 Å². The lowest BCUT2D eigenvalue weighted by atomic mass is 10.2. The third kappa shape index (κ3) is 4.86. The maximum Gasteiger partial charge on any atom is 0.349 e. The molecule has 1 saturated heterocycles. The quantitative estimate of drug-likeness (QED) is 0.294. The van der Waals surface area contributed by atoms with Gasteiger partial charge in [0.2, 0.25) is 0 Å². The Morgan fingerprint density at radius 3 is 2.59 bits per heavy atom. The van der Waals surface area contributed by atoms with Crippen LogP contribution < -0.4 is 14.2 Å². The van der Waals surface area contributed by atoms with Gasteiger partial charge in [0.15, 0.2) is 23.9 Å². The van der Waals surface area contributed by atoms with Crippen LogP contribution in [0.15, 0.2) is 42.5 Å². The van der Waals surface area contributed by atoms with E-state index < -0.39 is 17.5 Å². The Labute approximate surface area is 164 Å². The molecule has 142 valence electrons. The standard InChI is InChI=1S/C18H17NO6S2/c1-23-16-10-12(18-26-8-9-27-18)6-7-15(16)25-17(20)11-24-14-5-3-2-4-13(14)19(21)22/h2-7,10,18H,8-9,11H2,1H3. The molecular formula is C18H17NO6S2. The molecule has 1 aliphatic heterocycles. The number of esters is 1. The zero-order valence-electron chi connectivity index (χ0n) is 14.5. The van der Waals surface area contributed by atoms with Gasteiger partial charge >= 0.3 is 11.7 Å². The number of rotatable bonds is 7. The fraction of sp³-hybridized carbons (Fsp3) is 0.278. The summed E-state index contributed by atoms with van der Waals surface area (Å²) >= 11 is 3.74. The highest BCUT2D eigenvalue weighted by molar-refractivity contribution is 8.19. The molecule has 27 heavy (non-hydrogen) atoms. The lowest BCUT2D eigenvalue weighted by molar-refractivity contribution is -0.385. The summed E-state index contributed by atoms with van der Waals surface area (Å²) in [6.07, 6.45) is 0. The molecule has 1 heterocycles. The third-order valence-corrected chi connectivity index (χ3v) is 6.82. The van der Waals surface area contributed by atoms with Crippen LogP contribution >= 0.6 is 23.5 Å². The highest BCUT2D eigenvalue weighted by Gasteiger charge is 2.21. The maximum absolute atomic E-state index is 12.1. The highest BCUT2D eigenvalue weighted by atomic mass is 32.2. The number of nitro groups is 1. The number of nitro benzene ring substituents is 1. The van der Waals surface area contributed by atoms with Crippen molar-refractivity contribution in [3.63, 3.8) is 0 Å². The second-order valence-electron chi connectivity index (χ2n) is 5.47. The SMILES string of the molecule is COc1cc(C2SCCS2)ccc1OC(=O)COc1ccccc1[N+](=O)[O-]. The topological polar surface area (TPSA) is 87.9 Å². The van der Waals surface area contributed by atoms with Crippen molar-refractivity contribution in [1.82, 2.24) is 0 Å². The molecule has 0 amide bonds. The zero-order valence-corrected chi connectivity index (χ0v) is 16.1. The summed E-state index contributed by atoms with van der Waals surface area (Å²) in [6, 6.07) is 11.3. The summed E-state index contributed by atoms with van der Waals surface area (Å²) in [5.74, 6) is 2.29. The van der Waals surface area contributed by atoms with E-state index in [4.69, 9.17) is 14.2 Å². The summed E-state index contributed by atoms with van der Waals surface area (Å²) in [7, 11) is 1.51. The molecule has 9 heteroatoms. The smallest absolute Gasteiger partial charge is 0.349 e. The fourth-order valence-electron chi connectivity index (χ4n) is 2.48. The molecule has 0 unspecified atom stereocenters. The molecule has 0 spiro atoms. The van der Waals surface area contributed by atoms with Crippen molar-refractivity contribution in [2.24, 2.45) is 0 Å². The monoisotopic (exact) mass is 407 g/mol. The largest absolute Gasteiger partial charge is 0.493 e. The lowest BCUT2D eigenvalue weighted by Crippen LogP contribution is -2.18. The average molecular weight is 407 g/mol. The first kappa shape index (κ1) is 19.4. The van der Waals surface area contributed by atoms with Gasteiger partial charge in [0.25, 0.3) is 0 Å². The lowest BCUT2D eigenvalue weighted by Gasteiger charge is -2.14. The van der Waals surface area contributed by atoms with Crippen LogP contribution in [0.1, 0.15) is 10.1 Å². The fourth-order valence-corrected chi connectivity index (χ4v) is 5.32. The van der Waals surface area contributed by atoms with Crippen LogP contribution in [0.5, 0.6) is 17.2 Å². The molecule has 2 aromatic rings. The molecule has 0 radical (unpaired) electrons. The minimum Gasteiger partial charge on any atom is -0.493 e. The van der Waals surface area contributed by atoms with Crippen LogP contribution in [-0.4, -0.2) is 36.1 Å². The van der Waals surface area contributed by atoms with Crippen molar-refractivity contribution < 1.29 is 23.9 Å². The number of carbonyl (C=O) groups excluding carboxylic acids is 1. The molecule has 0 aliphatic carbocycles. The minimum absolute atomic E-state index is 0.0112. The molecule has 3 rings (SSSR count). The van der Waals surface area contributed by atoms with Gasteiger partial charge in [-0.25, -0.2) is 4.79 Å². The van der Waals surface area contributed by atoms with E-state index in [9.17, 15) is 14.9 Å². The predicted molar refractivity (Wildman–Crippen MR) is 105 cm³/mol. The van der Waals surface area contributed by atoms with E-state index in [-0.39, 0.29) is 17.2 Å². The van der Waals surface area contributed by atoms with Crippen LogP contribution in [0, 0.1) is 10.1 Å². The van der Waals surface area contributed by atoms with Gasteiger partial charge in [0.05, 0.1) is 16.6 Å². The molecule has 0 saturated carbocycles. The molecule has 0 atom stereocenters. The van der Waals surface area contributed by atoms with E-state index in [0.717, 1.165) is 17.1 Å². The number of hydrogen-bond donors (Lipinski definition) is 0. The van der Waals surface area contributed by atoms with E-state index in [0.29, 0.717) is 10.3 Å². The Morgan fingerprint density at radius 1 is 1.15 bits per heavy atom. The summed E-state index contributed by atoms with van der Waals surface area (Å²) in [5, 5.41) is 11.0. The first-order chi connectivity index (χ1) is 13.1. The van der Waals surface area contributed by atoms with Gasteiger partial charge in [-0.3, -0.25) is 10.1 Å². The van der Waals surface area contributed by atoms with Gasteiger partial charge in [-0.15, -0.1) is 23.5 Å². The van der Waals surface area contributed by atoms with Crippen LogP contribution in [0.4, 0.5) is 5.69 Å². The van der Waals surface area contributed by atoms with Gasteiger partial charge in [0.1, 0.15) is 0 Å². The number of hydrogen-bond acceptors (Lipinski definition) is 8. The zero-order chi connectivity index (χ0) is 19.2. The van der Waals surface area contributed by atoms with Crippen LogP contribution in [0.25, 0.3) is 0 Å². The Hall–Kier alpha value is -2.39. The maximum atomic E-state index is 12.1. The van der Waals surface area contributed by atoms with Crippen molar-refractivity contribution >= 4 is 35.2 Å². The third-order valence-electron chi connectivity index (χ3n) is 3.71. The Morgan fingerprint density at radius 2 is 1.89 bits per heavy atom. The second-order valence-corrected chi connectivity index (χ2v) is 8.20. The predicted octanol–water partition coefficient (Wildman–Crippen LogP) is 4.07. The van der Waals surface area contributed by atoms with Crippen molar-refractivity contribution in [1.29, 1.82) is 0 Å². The first-order valence-corrected chi connectivity index (χ1v) is 10.2. The molecule has 0 N–H and O–H groups in total. The van der Waals surface area contributed by atoms with Gasteiger partial charge in [-0.05, 0) is 23.8 Å². The van der Waals surface area contributed by atoms with E-state index in [1.807, 2.05) is 35.7 Å². The Bertz CT molecular complexity index is 838. The number of nitrogens with zero attached hydrogens (tertiary/aromatic N) is 1. The number of methoxy groups -OCH3 is 1. The number of thioether (sulfide) groups is 2. The summed E-state index contributed by atoms with van der Waals surface area (Å²) in [4.78, 5) is 22.5. The molecule has 0 aromatic heterocycles. The van der Waals surface area contributed by atoms with Gasteiger partial charge < -0.3 is 14.2 Å². The second kappa shape index (κ2) is 9.01. The van der Waals surface area contributed by atoms with Gasteiger partial charge in [-0.1, -0.05) is 18.2 Å². The van der Waals surface area contributed by atoms with E-state index >= 15 is 0 Å². The molecule has 7 nitrogen and oxygen atoms in total. The molecule has 1 fully saturated rings. The number of para-hydroxylation sites is 2. The van der Waals surface area contributed by atoms with Crippen LogP contribution in [0.2, 0.25) is 0 Å². The number of carbonyl (C=O) groups is 1. The first-order valence-electron chi connectivity index (χ1n) is 8.06. The molecule has 2 aromatic carbocycles. The molecular weight excluding hydrogens is 390 g/mol. The normalized spacial score (nSPS) is 14.0. The van der Waals surface area contributed by atoms with Crippen molar-refractivity contribution in [2.75, 3.05) is 25.2 Å². The summed E-state index contributed by atoms with van der Waals surface area (Å²) in [6.45, 7) is -0.454. The van der Waals surface area contributed by atoms with Crippen molar-refractivity contribution in [3.05, 3.63) is 58.1 Å². The Kier molecular flexibility index (Phi) is 6.46. The molecule has 1 aliphatic rings. The van der Waals surface area contributed by atoms with E-state index in [1.54, 1.807) is 12.1 Å². The number of ether oxygens (including phenoxy) is 3. The van der Waals surface area contributed by atoms with Crippen molar-refractivity contribution in [2.45, 2.75) is 4.58 Å². The summed E-state index contributed by atoms with van der Waals surface area (Å²) in [5.41, 5.74) is 0.897. The number of benzene rings is 2. The Balaban J connectivity index is 1.64.